The molecule has 10 nitrogen and oxygen atoms in total. The van der Waals surface area contributed by atoms with Crippen molar-refractivity contribution in [1.82, 2.24) is 19.5 Å². The normalized spacial score (nSPS) is 16.5. The van der Waals surface area contributed by atoms with E-state index in [0.29, 0.717) is 15.7 Å². The Balaban J connectivity index is 1.53. The van der Waals surface area contributed by atoms with Crippen LogP contribution in [-0.4, -0.2) is 52.2 Å². The van der Waals surface area contributed by atoms with Crippen LogP contribution in [-0.2, 0) is 36.1 Å². The van der Waals surface area contributed by atoms with Gasteiger partial charge in [-0.2, -0.15) is 0 Å². The van der Waals surface area contributed by atoms with Crippen LogP contribution in [0.3, 0.4) is 0 Å². The van der Waals surface area contributed by atoms with E-state index < -0.39 is 27.3 Å². The van der Waals surface area contributed by atoms with Crippen molar-refractivity contribution in [2.45, 2.75) is 43.7 Å². The van der Waals surface area contributed by atoms with Crippen molar-refractivity contribution >= 4 is 56.6 Å². The molecule has 218 valence electrons. The summed E-state index contributed by atoms with van der Waals surface area (Å²) in [6.07, 6.45) is 6.58. The average molecular weight is 629 g/mol. The van der Waals surface area contributed by atoms with Crippen molar-refractivity contribution in [3.63, 3.8) is 0 Å². The first-order chi connectivity index (χ1) is 20.0. The summed E-state index contributed by atoms with van der Waals surface area (Å²) in [6.45, 7) is 3.32. The van der Waals surface area contributed by atoms with Gasteiger partial charge in [-0.05, 0) is 42.7 Å². The number of amides is 1. The van der Waals surface area contributed by atoms with E-state index in [1.807, 2.05) is 24.3 Å². The molecule has 0 aliphatic carbocycles. The highest BCUT2D eigenvalue weighted by atomic mass is 35.5. The summed E-state index contributed by atoms with van der Waals surface area (Å²) in [5.41, 5.74) is 1.53. The molecular formula is C29H27Cl2N5O5S. The van der Waals surface area contributed by atoms with Crippen LogP contribution in [0, 0.1) is 0 Å². The fourth-order valence-corrected chi connectivity index (χ4v) is 6.95. The number of benzene rings is 2. The molecule has 0 spiro atoms. The van der Waals surface area contributed by atoms with Gasteiger partial charge >= 0.3 is 5.97 Å². The van der Waals surface area contributed by atoms with Crippen LogP contribution in [0.4, 0.5) is 11.6 Å². The average Bonchev–Trinajstić information content (AvgIpc) is 3.49. The van der Waals surface area contributed by atoms with Crippen LogP contribution in [0.2, 0.25) is 10.0 Å². The SMILES string of the molecule is CCC(=O)OCCCS(=O)(=O)c1cnc2n1C(C)(Cc1ccc(-c3cncnc3)cc1)C(=O)N2c1cc(Cl)cc(Cl)c1. The molecule has 0 bridgehead atoms. The van der Waals surface area contributed by atoms with E-state index in [9.17, 15) is 18.0 Å². The minimum atomic E-state index is -3.93. The van der Waals surface area contributed by atoms with Crippen LogP contribution < -0.4 is 4.90 Å². The zero-order chi connectivity index (χ0) is 30.1. The van der Waals surface area contributed by atoms with Gasteiger partial charge in [0.25, 0.3) is 5.91 Å². The lowest BCUT2D eigenvalue weighted by atomic mass is 9.91. The Morgan fingerprint density at radius 2 is 1.67 bits per heavy atom. The molecule has 5 rings (SSSR count). The molecule has 13 heteroatoms. The zero-order valence-electron chi connectivity index (χ0n) is 22.8. The van der Waals surface area contributed by atoms with E-state index in [1.165, 1.54) is 22.0 Å². The highest BCUT2D eigenvalue weighted by Crippen LogP contribution is 2.44. The first-order valence-electron chi connectivity index (χ1n) is 13.1. The predicted molar refractivity (Wildman–Crippen MR) is 159 cm³/mol. The summed E-state index contributed by atoms with van der Waals surface area (Å²) >= 11 is 12.5. The Bertz CT molecular complexity index is 1730. The molecule has 4 aromatic rings. The number of carbonyl (C=O) groups excluding carboxylic acids is 2. The van der Waals surface area contributed by atoms with E-state index in [0.717, 1.165) is 16.7 Å². The molecule has 0 saturated carbocycles. The number of anilines is 2. The van der Waals surface area contributed by atoms with E-state index in [4.69, 9.17) is 27.9 Å². The highest BCUT2D eigenvalue weighted by molar-refractivity contribution is 7.91. The van der Waals surface area contributed by atoms with Gasteiger partial charge in [0, 0.05) is 40.8 Å². The van der Waals surface area contributed by atoms with Crippen molar-refractivity contribution in [3.8, 4) is 11.1 Å². The second-order valence-corrected chi connectivity index (χ2v) is 13.0. The third kappa shape index (κ3) is 5.77. The summed E-state index contributed by atoms with van der Waals surface area (Å²) in [5, 5.41) is 0.516. The summed E-state index contributed by atoms with van der Waals surface area (Å²) in [7, 11) is -3.93. The van der Waals surface area contributed by atoms with Crippen LogP contribution in [0.25, 0.3) is 11.1 Å². The molecule has 0 fully saturated rings. The van der Waals surface area contributed by atoms with Gasteiger partial charge in [0.05, 0.1) is 24.2 Å². The smallest absolute Gasteiger partial charge is 0.305 e. The Morgan fingerprint density at radius 3 is 2.31 bits per heavy atom. The molecule has 1 unspecified atom stereocenters. The minimum Gasteiger partial charge on any atom is -0.466 e. The molecule has 0 saturated heterocycles. The number of esters is 1. The lowest BCUT2D eigenvalue weighted by Gasteiger charge is -2.27. The number of carbonyl (C=O) groups is 2. The lowest BCUT2D eigenvalue weighted by Crippen LogP contribution is -2.42. The molecule has 3 heterocycles. The van der Waals surface area contributed by atoms with Gasteiger partial charge in [0.15, 0.2) is 14.9 Å². The number of sulfone groups is 1. The van der Waals surface area contributed by atoms with Crippen LogP contribution in [0.15, 0.2) is 72.4 Å². The largest absolute Gasteiger partial charge is 0.466 e. The second-order valence-electron chi connectivity index (χ2n) is 10.0. The molecule has 2 aromatic carbocycles. The maximum absolute atomic E-state index is 14.2. The summed E-state index contributed by atoms with van der Waals surface area (Å²) in [5.74, 6) is -0.957. The summed E-state index contributed by atoms with van der Waals surface area (Å²) < 4.78 is 33.7. The number of ether oxygens (including phenoxy) is 1. The minimum absolute atomic E-state index is 0.0327. The molecule has 1 atom stereocenters. The number of imidazole rings is 1. The maximum atomic E-state index is 14.2. The lowest BCUT2D eigenvalue weighted by molar-refractivity contribution is -0.143. The molecule has 2 aromatic heterocycles. The van der Waals surface area contributed by atoms with E-state index >= 15 is 0 Å². The van der Waals surface area contributed by atoms with E-state index in [-0.39, 0.29) is 42.6 Å². The topological polar surface area (TPSA) is 124 Å². The zero-order valence-corrected chi connectivity index (χ0v) is 25.2. The number of rotatable bonds is 10. The Morgan fingerprint density at radius 1 is 1.00 bits per heavy atom. The number of aromatic nitrogens is 4. The van der Waals surface area contributed by atoms with Crippen molar-refractivity contribution < 1.29 is 22.7 Å². The molecule has 1 aliphatic heterocycles. The molecule has 1 amide bonds. The van der Waals surface area contributed by atoms with Gasteiger partial charge in [-0.1, -0.05) is 54.4 Å². The highest BCUT2D eigenvalue weighted by Gasteiger charge is 2.51. The van der Waals surface area contributed by atoms with Gasteiger partial charge in [-0.15, -0.1) is 0 Å². The van der Waals surface area contributed by atoms with Crippen molar-refractivity contribution in [2.75, 3.05) is 17.3 Å². The second kappa shape index (κ2) is 11.8. The third-order valence-electron chi connectivity index (χ3n) is 7.00. The quantitative estimate of drug-likeness (QED) is 0.169. The standard InChI is InChI=1S/C29H27Cl2N5O5S/c1-3-26(37)41-9-4-10-42(39,40)25-17-34-28-35(24-12-22(30)11-23(31)13-24)27(38)29(2,36(25)28)14-19-5-7-20(8-6-19)21-15-32-18-33-16-21/h5-8,11-13,15-18H,3-4,9-10,14H2,1-2H3. The fourth-order valence-electron chi connectivity index (χ4n) is 4.95. The van der Waals surface area contributed by atoms with Crippen molar-refractivity contribution in [2.24, 2.45) is 0 Å². The molecule has 1 aliphatic rings. The molecule has 42 heavy (non-hydrogen) atoms. The Kier molecular flexibility index (Phi) is 8.36. The predicted octanol–water partition coefficient (Wildman–Crippen LogP) is 5.40. The number of nitrogens with zero attached hydrogens (tertiary/aromatic N) is 5. The van der Waals surface area contributed by atoms with E-state index in [2.05, 4.69) is 15.0 Å². The van der Waals surface area contributed by atoms with Crippen molar-refractivity contribution in [3.05, 3.63) is 83.0 Å². The van der Waals surface area contributed by atoms with Gasteiger partial charge in [-0.3, -0.25) is 14.2 Å². The number of hydrogen-bond donors (Lipinski definition) is 0. The van der Waals surface area contributed by atoms with Crippen LogP contribution >= 0.6 is 23.2 Å². The third-order valence-corrected chi connectivity index (χ3v) is 9.19. The number of fused-ring (bicyclic) bond motifs is 1. The molecule has 0 N–H and O–H groups in total. The summed E-state index contributed by atoms with van der Waals surface area (Å²) in [6, 6.07) is 12.2. The number of halogens is 2. The maximum Gasteiger partial charge on any atom is 0.305 e. The van der Waals surface area contributed by atoms with Gasteiger partial charge in [-0.25, -0.2) is 28.3 Å². The monoisotopic (exact) mass is 627 g/mol. The molecular weight excluding hydrogens is 601 g/mol. The Hall–Kier alpha value is -3.80. The summed E-state index contributed by atoms with van der Waals surface area (Å²) in [4.78, 5) is 39.5. The molecule has 0 radical (unpaired) electrons. The Labute approximate surface area is 253 Å². The fraction of sp³-hybridized carbons (Fsp3) is 0.276. The van der Waals surface area contributed by atoms with Gasteiger partial charge < -0.3 is 4.74 Å². The van der Waals surface area contributed by atoms with Crippen molar-refractivity contribution in [1.29, 1.82) is 0 Å². The van der Waals surface area contributed by atoms with E-state index in [1.54, 1.807) is 44.4 Å². The number of hydrogen-bond acceptors (Lipinski definition) is 8. The van der Waals surface area contributed by atoms with Crippen LogP contribution in [0.1, 0.15) is 32.3 Å². The van der Waals surface area contributed by atoms with Crippen LogP contribution in [0.5, 0.6) is 0 Å². The van der Waals surface area contributed by atoms with Gasteiger partial charge in [0.2, 0.25) is 5.95 Å². The van der Waals surface area contributed by atoms with Gasteiger partial charge in [0.1, 0.15) is 11.9 Å². The first-order valence-corrected chi connectivity index (χ1v) is 15.6. The first kappa shape index (κ1) is 29.7.